The summed E-state index contributed by atoms with van der Waals surface area (Å²) in [5.41, 5.74) is -0.940. The van der Waals surface area contributed by atoms with Crippen molar-refractivity contribution in [1.82, 2.24) is 0 Å². The monoisotopic (exact) mass is 296 g/mol. The second kappa shape index (κ2) is 6.51. The molecule has 7 heteroatoms. The molecule has 2 rings (SSSR count). The molecule has 1 aromatic carbocycles. The van der Waals surface area contributed by atoms with Crippen molar-refractivity contribution in [2.24, 2.45) is 5.92 Å². The first kappa shape index (κ1) is 15.2. The quantitative estimate of drug-likeness (QED) is 0.641. The molecule has 1 aliphatic rings. The zero-order valence-corrected chi connectivity index (χ0v) is 11.5. The van der Waals surface area contributed by atoms with Crippen LogP contribution in [0.2, 0.25) is 0 Å². The Morgan fingerprint density at radius 1 is 1.38 bits per heavy atom. The van der Waals surface area contributed by atoms with Gasteiger partial charge in [-0.2, -0.15) is 0 Å². The summed E-state index contributed by atoms with van der Waals surface area (Å²) in [6.07, 6.45) is 5.58. The summed E-state index contributed by atoms with van der Waals surface area (Å²) in [6, 6.07) is 1.66. The first-order chi connectivity index (χ1) is 9.99. The number of nitro groups is 1. The lowest BCUT2D eigenvalue weighted by molar-refractivity contribution is -0.384. The standard InChI is InChI=1S/C14H17FN2O4/c15-11-7-13(17(20)21)12(6-10(11)14(18)19)16-8-9-4-2-1-3-5-9/h6-7,9,16H,1-5,8H2,(H,18,19). The Kier molecular flexibility index (Phi) is 4.72. The number of rotatable bonds is 5. The summed E-state index contributed by atoms with van der Waals surface area (Å²) in [4.78, 5) is 21.2. The van der Waals surface area contributed by atoms with Crippen LogP contribution in [0.1, 0.15) is 42.5 Å². The minimum absolute atomic E-state index is 0.0596. The number of hydrogen-bond acceptors (Lipinski definition) is 4. The van der Waals surface area contributed by atoms with E-state index in [1.165, 1.54) is 6.42 Å². The number of nitrogens with zero attached hydrogens (tertiary/aromatic N) is 1. The molecule has 0 radical (unpaired) electrons. The van der Waals surface area contributed by atoms with Gasteiger partial charge in [-0.1, -0.05) is 19.3 Å². The summed E-state index contributed by atoms with van der Waals surface area (Å²) < 4.78 is 13.5. The van der Waals surface area contributed by atoms with E-state index < -0.39 is 28.0 Å². The van der Waals surface area contributed by atoms with Gasteiger partial charge in [0.25, 0.3) is 5.69 Å². The molecule has 114 valence electrons. The minimum atomic E-state index is -1.44. The summed E-state index contributed by atoms with van der Waals surface area (Å²) in [5.74, 6) is -2.13. The average Bonchev–Trinajstić information content (AvgIpc) is 2.46. The van der Waals surface area contributed by atoms with Gasteiger partial charge in [0, 0.05) is 6.54 Å². The van der Waals surface area contributed by atoms with Crippen LogP contribution in [0.3, 0.4) is 0 Å². The number of hydrogen-bond donors (Lipinski definition) is 2. The predicted octanol–water partition coefficient (Wildman–Crippen LogP) is 3.42. The van der Waals surface area contributed by atoms with E-state index in [0.717, 1.165) is 31.7 Å². The molecule has 0 aliphatic heterocycles. The fourth-order valence-corrected chi connectivity index (χ4v) is 2.66. The van der Waals surface area contributed by atoms with Gasteiger partial charge in [0.05, 0.1) is 16.6 Å². The van der Waals surface area contributed by atoms with E-state index in [4.69, 9.17) is 5.11 Å². The average molecular weight is 296 g/mol. The van der Waals surface area contributed by atoms with Crippen molar-refractivity contribution >= 4 is 17.3 Å². The maximum atomic E-state index is 13.5. The molecule has 1 saturated carbocycles. The Balaban J connectivity index is 2.20. The number of benzene rings is 1. The third-order valence-corrected chi connectivity index (χ3v) is 3.82. The normalized spacial score (nSPS) is 15.7. The third kappa shape index (κ3) is 3.68. The molecule has 0 bridgehead atoms. The van der Waals surface area contributed by atoms with Crippen LogP contribution in [0.25, 0.3) is 0 Å². The SMILES string of the molecule is O=C(O)c1cc(NCC2CCCCC2)c([N+](=O)[O-])cc1F. The van der Waals surface area contributed by atoms with Gasteiger partial charge < -0.3 is 10.4 Å². The van der Waals surface area contributed by atoms with Gasteiger partial charge in [-0.3, -0.25) is 10.1 Å². The van der Waals surface area contributed by atoms with Gasteiger partial charge >= 0.3 is 5.97 Å². The van der Waals surface area contributed by atoms with Crippen molar-refractivity contribution in [3.05, 3.63) is 33.6 Å². The first-order valence-corrected chi connectivity index (χ1v) is 6.94. The van der Waals surface area contributed by atoms with E-state index in [0.29, 0.717) is 18.5 Å². The van der Waals surface area contributed by atoms with Crippen molar-refractivity contribution in [3.8, 4) is 0 Å². The Bertz CT molecular complexity index is 556. The van der Waals surface area contributed by atoms with Crippen LogP contribution >= 0.6 is 0 Å². The number of halogens is 1. The largest absolute Gasteiger partial charge is 0.478 e. The second-order valence-corrected chi connectivity index (χ2v) is 5.30. The number of carboxylic acid groups (broad SMARTS) is 1. The molecule has 1 aliphatic carbocycles. The highest BCUT2D eigenvalue weighted by atomic mass is 19.1. The minimum Gasteiger partial charge on any atom is -0.478 e. The smallest absolute Gasteiger partial charge is 0.338 e. The Morgan fingerprint density at radius 3 is 2.62 bits per heavy atom. The zero-order valence-electron chi connectivity index (χ0n) is 11.5. The van der Waals surface area contributed by atoms with Gasteiger partial charge in [-0.25, -0.2) is 9.18 Å². The summed E-state index contributed by atoms with van der Waals surface area (Å²) in [7, 11) is 0. The van der Waals surface area contributed by atoms with E-state index in [9.17, 15) is 19.3 Å². The predicted molar refractivity (Wildman–Crippen MR) is 75.1 cm³/mol. The highest BCUT2D eigenvalue weighted by Gasteiger charge is 2.22. The molecule has 0 amide bonds. The molecular formula is C14H17FN2O4. The molecule has 1 aromatic rings. The Hall–Kier alpha value is -2.18. The fraction of sp³-hybridized carbons (Fsp3) is 0.500. The summed E-state index contributed by atoms with van der Waals surface area (Å²) in [6.45, 7) is 0.533. The molecule has 21 heavy (non-hydrogen) atoms. The van der Waals surface area contributed by atoms with Crippen LogP contribution in [-0.4, -0.2) is 22.5 Å². The lowest BCUT2D eigenvalue weighted by Crippen LogP contribution is -2.18. The van der Waals surface area contributed by atoms with Crippen LogP contribution in [0.5, 0.6) is 0 Å². The maximum absolute atomic E-state index is 13.5. The number of anilines is 1. The van der Waals surface area contributed by atoms with Crippen LogP contribution in [0.4, 0.5) is 15.8 Å². The second-order valence-electron chi connectivity index (χ2n) is 5.30. The van der Waals surface area contributed by atoms with E-state index in [1.54, 1.807) is 0 Å². The van der Waals surface area contributed by atoms with Crippen molar-refractivity contribution in [2.75, 3.05) is 11.9 Å². The fourth-order valence-electron chi connectivity index (χ4n) is 2.66. The zero-order chi connectivity index (χ0) is 15.4. The molecule has 0 atom stereocenters. The van der Waals surface area contributed by atoms with Crippen molar-refractivity contribution in [1.29, 1.82) is 0 Å². The molecule has 0 unspecified atom stereocenters. The van der Waals surface area contributed by atoms with Crippen molar-refractivity contribution in [2.45, 2.75) is 32.1 Å². The van der Waals surface area contributed by atoms with Crippen LogP contribution in [-0.2, 0) is 0 Å². The summed E-state index contributed by atoms with van der Waals surface area (Å²) in [5, 5.41) is 22.8. The van der Waals surface area contributed by atoms with Crippen LogP contribution < -0.4 is 5.32 Å². The number of nitrogens with one attached hydrogen (secondary N) is 1. The highest BCUT2D eigenvalue weighted by Crippen LogP contribution is 2.30. The van der Waals surface area contributed by atoms with E-state index >= 15 is 0 Å². The first-order valence-electron chi connectivity index (χ1n) is 6.94. The van der Waals surface area contributed by atoms with E-state index in [1.807, 2.05) is 0 Å². The lowest BCUT2D eigenvalue weighted by Gasteiger charge is -2.22. The number of aromatic carboxylic acids is 1. The summed E-state index contributed by atoms with van der Waals surface area (Å²) >= 11 is 0. The molecule has 0 saturated heterocycles. The van der Waals surface area contributed by atoms with Crippen LogP contribution in [0, 0.1) is 21.8 Å². The number of nitro benzene ring substituents is 1. The Morgan fingerprint density at radius 2 is 2.05 bits per heavy atom. The van der Waals surface area contributed by atoms with Crippen molar-refractivity contribution < 1.29 is 19.2 Å². The molecule has 2 N–H and O–H groups in total. The molecule has 0 heterocycles. The van der Waals surface area contributed by atoms with Gasteiger partial charge in [-0.05, 0) is 24.8 Å². The highest BCUT2D eigenvalue weighted by molar-refractivity contribution is 5.90. The van der Waals surface area contributed by atoms with Gasteiger partial charge in [0.2, 0.25) is 0 Å². The van der Waals surface area contributed by atoms with E-state index in [-0.39, 0.29) is 5.69 Å². The topological polar surface area (TPSA) is 92.5 Å². The third-order valence-electron chi connectivity index (χ3n) is 3.82. The molecule has 6 nitrogen and oxygen atoms in total. The van der Waals surface area contributed by atoms with E-state index in [2.05, 4.69) is 5.32 Å². The number of carbonyl (C=O) groups is 1. The molecular weight excluding hydrogens is 279 g/mol. The Labute approximate surface area is 121 Å². The molecule has 0 spiro atoms. The van der Waals surface area contributed by atoms with Crippen molar-refractivity contribution in [3.63, 3.8) is 0 Å². The maximum Gasteiger partial charge on any atom is 0.338 e. The molecule has 1 fully saturated rings. The van der Waals surface area contributed by atoms with Gasteiger partial charge in [0.1, 0.15) is 11.5 Å². The molecule has 0 aromatic heterocycles. The van der Waals surface area contributed by atoms with Gasteiger partial charge in [-0.15, -0.1) is 0 Å². The van der Waals surface area contributed by atoms with Gasteiger partial charge in [0.15, 0.2) is 0 Å². The van der Waals surface area contributed by atoms with Crippen LogP contribution in [0.15, 0.2) is 12.1 Å². The lowest BCUT2D eigenvalue weighted by atomic mass is 9.89. The number of carboxylic acids is 1.